The van der Waals surface area contributed by atoms with Gasteiger partial charge in [-0.1, -0.05) is 12.1 Å². The Balaban J connectivity index is 2.31. The number of carbonyl (C=O) groups is 3. The Morgan fingerprint density at radius 3 is 2.71 bits per heavy atom. The SMILES string of the molecule is O=C(O)C[C@H]1NC(=O)c2ccccc2NC1=O. The molecule has 1 atom stereocenters. The summed E-state index contributed by atoms with van der Waals surface area (Å²) < 4.78 is 0. The molecule has 0 aromatic heterocycles. The van der Waals surface area contributed by atoms with Crippen molar-refractivity contribution in [2.75, 3.05) is 5.32 Å². The van der Waals surface area contributed by atoms with E-state index in [0.29, 0.717) is 11.3 Å². The van der Waals surface area contributed by atoms with Gasteiger partial charge in [-0.2, -0.15) is 0 Å². The Morgan fingerprint density at radius 2 is 2.00 bits per heavy atom. The zero-order valence-corrected chi connectivity index (χ0v) is 8.77. The Labute approximate surface area is 96.6 Å². The van der Waals surface area contributed by atoms with Crippen molar-refractivity contribution in [3.05, 3.63) is 29.8 Å². The van der Waals surface area contributed by atoms with E-state index in [0.717, 1.165) is 0 Å². The molecule has 0 bridgehead atoms. The van der Waals surface area contributed by atoms with Crippen LogP contribution in [-0.2, 0) is 9.59 Å². The number of hydrogen-bond donors (Lipinski definition) is 3. The standard InChI is InChI=1S/C11H10N2O4/c14-9(15)5-8-11(17)12-7-4-2-1-3-6(7)10(16)13-8/h1-4,8H,5H2,(H,12,17)(H,13,16)(H,14,15)/t8-/m1/s1. The summed E-state index contributed by atoms with van der Waals surface area (Å²) in [5.74, 6) is -2.12. The normalized spacial score (nSPS) is 18.7. The van der Waals surface area contributed by atoms with Gasteiger partial charge in [0.15, 0.2) is 0 Å². The van der Waals surface area contributed by atoms with Gasteiger partial charge in [-0.25, -0.2) is 0 Å². The first-order valence-electron chi connectivity index (χ1n) is 5.00. The predicted octanol–water partition coefficient (Wildman–Crippen LogP) is 0.212. The van der Waals surface area contributed by atoms with E-state index in [9.17, 15) is 14.4 Å². The fraction of sp³-hybridized carbons (Fsp3) is 0.182. The third-order valence-electron chi connectivity index (χ3n) is 2.43. The topological polar surface area (TPSA) is 95.5 Å². The van der Waals surface area contributed by atoms with E-state index in [2.05, 4.69) is 10.6 Å². The summed E-state index contributed by atoms with van der Waals surface area (Å²) in [6.45, 7) is 0. The third-order valence-corrected chi connectivity index (χ3v) is 2.43. The maximum atomic E-state index is 11.7. The lowest BCUT2D eigenvalue weighted by atomic mass is 10.1. The lowest BCUT2D eigenvalue weighted by molar-refractivity contribution is -0.139. The van der Waals surface area contributed by atoms with Crippen LogP contribution in [0.2, 0.25) is 0 Å². The second-order valence-corrected chi connectivity index (χ2v) is 3.66. The van der Waals surface area contributed by atoms with E-state index in [4.69, 9.17) is 5.11 Å². The number of nitrogens with one attached hydrogen (secondary N) is 2. The van der Waals surface area contributed by atoms with Crippen molar-refractivity contribution in [2.24, 2.45) is 0 Å². The lowest BCUT2D eigenvalue weighted by Crippen LogP contribution is -2.42. The van der Waals surface area contributed by atoms with Gasteiger partial charge in [-0.05, 0) is 12.1 Å². The number of para-hydroxylation sites is 1. The highest BCUT2D eigenvalue weighted by molar-refractivity contribution is 6.10. The number of aliphatic carboxylic acids is 1. The van der Waals surface area contributed by atoms with Crippen LogP contribution in [0, 0.1) is 0 Å². The molecular formula is C11H10N2O4. The molecule has 17 heavy (non-hydrogen) atoms. The Morgan fingerprint density at radius 1 is 1.29 bits per heavy atom. The highest BCUT2D eigenvalue weighted by Crippen LogP contribution is 2.18. The minimum atomic E-state index is -1.14. The number of fused-ring (bicyclic) bond motifs is 1. The molecule has 6 heteroatoms. The predicted molar refractivity (Wildman–Crippen MR) is 58.6 cm³/mol. The van der Waals surface area contributed by atoms with Gasteiger partial charge >= 0.3 is 5.97 Å². The highest BCUT2D eigenvalue weighted by atomic mass is 16.4. The molecule has 1 aromatic rings. The summed E-state index contributed by atoms with van der Waals surface area (Å²) >= 11 is 0. The Kier molecular flexibility index (Phi) is 2.78. The molecule has 3 N–H and O–H groups in total. The van der Waals surface area contributed by atoms with Crippen molar-refractivity contribution in [3.8, 4) is 0 Å². The van der Waals surface area contributed by atoms with Crippen LogP contribution in [0.25, 0.3) is 0 Å². The van der Waals surface area contributed by atoms with Gasteiger partial charge < -0.3 is 15.7 Å². The molecule has 1 aliphatic rings. The molecule has 88 valence electrons. The summed E-state index contributed by atoms with van der Waals surface area (Å²) in [5, 5.41) is 13.6. The second-order valence-electron chi connectivity index (χ2n) is 3.66. The molecule has 0 radical (unpaired) electrons. The number of carboxylic acids is 1. The summed E-state index contributed by atoms with van der Waals surface area (Å²) in [7, 11) is 0. The second kappa shape index (κ2) is 4.25. The van der Waals surface area contributed by atoms with Crippen LogP contribution in [0.15, 0.2) is 24.3 Å². The summed E-state index contributed by atoms with van der Waals surface area (Å²) in [6, 6.07) is 5.46. The fourth-order valence-corrected chi connectivity index (χ4v) is 1.63. The third kappa shape index (κ3) is 2.25. The van der Waals surface area contributed by atoms with E-state index < -0.39 is 30.2 Å². The monoisotopic (exact) mass is 234 g/mol. The van der Waals surface area contributed by atoms with Gasteiger partial charge in [0.1, 0.15) is 6.04 Å². The minimum Gasteiger partial charge on any atom is -0.481 e. The van der Waals surface area contributed by atoms with Gasteiger partial charge in [-0.15, -0.1) is 0 Å². The number of benzene rings is 1. The molecule has 0 aliphatic carbocycles. The van der Waals surface area contributed by atoms with Crippen molar-refractivity contribution in [3.63, 3.8) is 0 Å². The molecule has 0 saturated carbocycles. The van der Waals surface area contributed by atoms with Crippen LogP contribution < -0.4 is 10.6 Å². The number of hydrogen-bond acceptors (Lipinski definition) is 3. The Hall–Kier alpha value is -2.37. The molecule has 1 aromatic carbocycles. The van der Waals surface area contributed by atoms with Crippen LogP contribution in [0.5, 0.6) is 0 Å². The van der Waals surface area contributed by atoms with E-state index in [1.54, 1.807) is 24.3 Å². The number of carboxylic acid groups (broad SMARTS) is 1. The molecule has 2 amide bonds. The smallest absolute Gasteiger partial charge is 0.305 e. The highest BCUT2D eigenvalue weighted by Gasteiger charge is 2.28. The molecule has 1 heterocycles. The van der Waals surface area contributed by atoms with Crippen molar-refractivity contribution in [1.82, 2.24) is 5.32 Å². The summed E-state index contributed by atoms with van der Waals surface area (Å²) in [6.07, 6.45) is -0.439. The van der Waals surface area contributed by atoms with Gasteiger partial charge in [0.2, 0.25) is 5.91 Å². The molecule has 0 spiro atoms. The van der Waals surface area contributed by atoms with E-state index in [1.165, 1.54) is 0 Å². The zero-order valence-electron chi connectivity index (χ0n) is 8.77. The molecule has 1 aliphatic heterocycles. The van der Waals surface area contributed by atoms with Crippen LogP contribution in [0.1, 0.15) is 16.8 Å². The molecule has 0 saturated heterocycles. The number of anilines is 1. The first-order chi connectivity index (χ1) is 8.08. The van der Waals surface area contributed by atoms with Crippen LogP contribution in [0.4, 0.5) is 5.69 Å². The van der Waals surface area contributed by atoms with E-state index >= 15 is 0 Å². The number of amides is 2. The summed E-state index contributed by atoms with van der Waals surface area (Å²) in [4.78, 5) is 34.0. The molecule has 0 unspecified atom stereocenters. The van der Waals surface area contributed by atoms with Gasteiger partial charge in [0.25, 0.3) is 5.91 Å². The van der Waals surface area contributed by atoms with Gasteiger partial charge in [0.05, 0.1) is 17.7 Å². The van der Waals surface area contributed by atoms with Gasteiger partial charge in [0, 0.05) is 0 Å². The molecule has 0 fully saturated rings. The van der Waals surface area contributed by atoms with Crippen molar-refractivity contribution in [1.29, 1.82) is 0 Å². The van der Waals surface area contributed by atoms with E-state index in [1.807, 2.05) is 0 Å². The quantitative estimate of drug-likeness (QED) is 0.681. The minimum absolute atomic E-state index is 0.328. The van der Waals surface area contributed by atoms with Crippen molar-refractivity contribution in [2.45, 2.75) is 12.5 Å². The maximum absolute atomic E-state index is 11.7. The fourth-order valence-electron chi connectivity index (χ4n) is 1.63. The molecule has 2 rings (SSSR count). The lowest BCUT2D eigenvalue weighted by Gasteiger charge is -2.11. The van der Waals surface area contributed by atoms with E-state index in [-0.39, 0.29) is 0 Å². The average molecular weight is 234 g/mol. The van der Waals surface area contributed by atoms with Gasteiger partial charge in [-0.3, -0.25) is 14.4 Å². The first-order valence-corrected chi connectivity index (χ1v) is 5.00. The number of carbonyl (C=O) groups excluding carboxylic acids is 2. The molecular weight excluding hydrogens is 224 g/mol. The van der Waals surface area contributed by atoms with Crippen molar-refractivity contribution >= 4 is 23.5 Å². The first kappa shape index (κ1) is 11.1. The summed E-state index contributed by atoms with van der Waals surface area (Å²) in [5.41, 5.74) is 0.719. The van der Waals surface area contributed by atoms with Crippen LogP contribution in [0.3, 0.4) is 0 Å². The van der Waals surface area contributed by atoms with Crippen LogP contribution >= 0.6 is 0 Å². The zero-order chi connectivity index (χ0) is 12.4. The average Bonchev–Trinajstić information content (AvgIpc) is 2.38. The Bertz CT molecular complexity index is 498. The molecule has 6 nitrogen and oxygen atoms in total. The van der Waals surface area contributed by atoms with Crippen molar-refractivity contribution < 1.29 is 19.5 Å². The largest absolute Gasteiger partial charge is 0.481 e. The maximum Gasteiger partial charge on any atom is 0.305 e. The van der Waals surface area contributed by atoms with Crippen LogP contribution in [-0.4, -0.2) is 28.9 Å². The number of rotatable bonds is 2.